The molecule has 0 radical (unpaired) electrons. The van der Waals surface area contributed by atoms with Gasteiger partial charge in [-0.2, -0.15) is 0 Å². The van der Waals surface area contributed by atoms with E-state index in [-0.39, 0.29) is 0 Å². The first-order valence-corrected chi connectivity index (χ1v) is 5.78. The van der Waals surface area contributed by atoms with Gasteiger partial charge in [-0.05, 0) is 13.3 Å². The maximum Gasteiger partial charge on any atom is 0.0557 e. The lowest BCUT2D eigenvalue weighted by Gasteiger charge is -2.45. The number of ether oxygens (including phenoxy) is 1. The van der Waals surface area contributed by atoms with Gasteiger partial charge in [-0.25, -0.2) is 0 Å². The fourth-order valence-electron chi connectivity index (χ4n) is 2.43. The van der Waals surface area contributed by atoms with E-state index in [9.17, 15) is 0 Å². The number of rotatable bonds is 3. The summed E-state index contributed by atoms with van der Waals surface area (Å²) in [4.78, 5) is 2.59. The highest BCUT2D eigenvalue weighted by atomic mass is 16.5. The summed E-state index contributed by atoms with van der Waals surface area (Å²) >= 11 is 0. The zero-order chi connectivity index (χ0) is 10.0. The molecule has 0 bridgehead atoms. The molecule has 0 aromatic rings. The molecule has 2 saturated heterocycles. The molecule has 82 valence electrons. The zero-order valence-electron chi connectivity index (χ0n) is 9.38. The van der Waals surface area contributed by atoms with Crippen molar-refractivity contribution in [1.29, 1.82) is 0 Å². The Balaban J connectivity index is 1.83. The van der Waals surface area contributed by atoms with Gasteiger partial charge in [0.1, 0.15) is 0 Å². The van der Waals surface area contributed by atoms with Gasteiger partial charge in [0, 0.05) is 37.6 Å². The van der Waals surface area contributed by atoms with Crippen LogP contribution in [0.5, 0.6) is 0 Å². The second kappa shape index (κ2) is 4.17. The molecular formula is C11H22N2O. The normalized spacial score (nSPS) is 32.6. The average molecular weight is 198 g/mol. The molecule has 0 saturated carbocycles. The highest BCUT2D eigenvalue weighted by Crippen LogP contribution is 2.32. The maximum absolute atomic E-state index is 5.36. The second-order valence-corrected chi connectivity index (χ2v) is 4.94. The number of nitrogens with zero attached hydrogens (tertiary/aromatic N) is 1. The van der Waals surface area contributed by atoms with Crippen molar-refractivity contribution in [3.63, 3.8) is 0 Å². The van der Waals surface area contributed by atoms with Crippen molar-refractivity contribution in [2.24, 2.45) is 5.41 Å². The summed E-state index contributed by atoms with van der Waals surface area (Å²) in [5.74, 6) is 0. The summed E-state index contributed by atoms with van der Waals surface area (Å²) in [6.45, 7) is 11.3. The molecule has 2 aliphatic heterocycles. The van der Waals surface area contributed by atoms with E-state index in [4.69, 9.17) is 4.74 Å². The quantitative estimate of drug-likeness (QED) is 0.723. The van der Waals surface area contributed by atoms with Crippen LogP contribution in [0.2, 0.25) is 0 Å². The molecular weight excluding hydrogens is 176 g/mol. The van der Waals surface area contributed by atoms with Crippen molar-refractivity contribution in [2.45, 2.75) is 26.3 Å². The lowest BCUT2D eigenvalue weighted by molar-refractivity contribution is -0.129. The predicted molar refractivity (Wildman–Crippen MR) is 57.4 cm³/mol. The Morgan fingerprint density at radius 2 is 2.29 bits per heavy atom. The summed E-state index contributed by atoms with van der Waals surface area (Å²) in [5, 5.41) is 3.48. The largest absolute Gasteiger partial charge is 0.380 e. The van der Waals surface area contributed by atoms with Gasteiger partial charge in [-0.15, -0.1) is 0 Å². The molecule has 2 fully saturated rings. The fourth-order valence-corrected chi connectivity index (χ4v) is 2.43. The minimum absolute atomic E-state index is 0.483. The van der Waals surface area contributed by atoms with Crippen LogP contribution < -0.4 is 5.32 Å². The fraction of sp³-hybridized carbons (Fsp3) is 1.00. The third-order valence-corrected chi connectivity index (χ3v) is 3.58. The van der Waals surface area contributed by atoms with Crippen LogP contribution in [0.4, 0.5) is 0 Å². The molecule has 14 heavy (non-hydrogen) atoms. The highest BCUT2D eigenvalue weighted by Gasteiger charge is 2.38. The van der Waals surface area contributed by atoms with Crippen molar-refractivity contribution >= 4 is 0 Å². The van der Waals surface area contributed by atoms with E-state index in [0.29, 0.717) is 11.5 Å². The minimum atomic E-state index is 0.483. The topological polar surface area (TPSA) is 24.5 Å². The highest BCUT2D eigenvalue weighted by molar-refractivity contribution is 4.89. The number of piperazine rings is 1. The van der Waals surface area contributed by atoms with E-state index in [1.54, 1.807) is 0 Å². The smallest absolute Gasteiger partial charge is 0.0557 e. The molecule has 2 heterocycles. The predicted octanol–water partition coefficient (Wildman–Crippen LogP) is 0.707. The summed E-state index contributed by atoms with van der Waals surface area (Å²) in [6.07, 6.45) is 1.26. The van der Waals surface area contributed by atoms with Crippen molar-refractivity contribution in [3.8, 4) is 0 Å². The molecule has 0 aliphatic carbocycles. The monoisotopic (exact) mass is 198 g/mol. The van der Waals surface area contributed by atoms with Crippen LogP contribution in [0.3, 0.4) is 0 Å². The molecule has 3 heteroatoms. The first-order chi connectivity index (χ1) is 6.74. The third kappa shape index (κ3) is 2.10. The lowest BCUT2D eigenvalue weighted by atomic mass is 9.82. The summed E-state index contributed by atoms with van der Waals surface area (Å²) in [6, 6.07) is 0.652. The number of hydrogen-bond donors (Lipinski definition) is 1. The number of nitrogens with one attached hydrogen (secondary N) is 1. The zero-order valence-corrected chi connectivity index (χ0v) is 9.38. The Morgan fingerprint density at radius 1 is 1.50 bits per heavy atom. The van der Waals surface area contributed by atoms with Gasteiger partial charge in [0.25, 0.3) is 0 Å². The lowest BCUT2D eigenvalue weighted by Crippen LogP contribution is -2.56. The van der Waals surface area contributed by atoms with Gasteiger partial charge in [0.05, 0.1) is 13.2 Å². The Morgan fingerprint density at radius 3 is 2.79 bits per heavy atom. The van der Waals surface area contributed by atoms with Crippen LogP contribution in [0, 0.1) is 5.41 Å². The van der Waals surface area contributed by atoms with Gasteiger partial charge < -0.3 is 10.1 Å². The third-order valence-electron chi connectivity index (χ3n) is 3.58. The summed E-state index contributed by atoms with van der Waals surface area (Å²) in [7, 11) is 0. The SMILES string of the molecule is CCC1(CN2CCN[C@H](C)C2)COC1. The maximum atomic E-state index is 5.36. The molecule has 0 aromatic heterocycles. The van der Waals surface area contributed by atoms with E-state index >= 15 is 0 Å². The molecule has 1 N–H and O–H groups in total. The first-order valence-electron chi connectivity index (χ1n) is 5.78. The van der Waals surface area contributed by atoms with Crippen molar-refractivity contribution in [1.82, 2.24) is 10.2 Å². The van der Waals surface area contributed by atoms with Crippen molar-refractivity contribution < 1.29 is 4.74 Å². The van der Waals surface area contributed by atoms with Crippen LogP contribution in [0.1, 0.15) is 20.3 Å². The van der Waals surface area contributed by atoms with Gasteiger partial charge >= 0.3 is 0 Å². The van der Waals surface area contributed by atoms with Crippen molar-refractivity contribution in [2.75, 3.05) is 39.4 Å². The Kier molecular flexibility index (Phi) is 3.10. The van der Waals surface area contributed by atoms with E-state index in [1.807, 2.05) is 0 Å². The van der Waals surface area contributed by atoms with Crippen LogP contribution in [0.15, 0.2) is 0 Å². The summed E-state index contributed by atoms with van der Waals surface area (Å²) < 4.78 is 5.36. The van der Waals surface area contributed by atoms with E-state index < -0.39 is 0 Å². The molecule has 1 atom stereocenters. The van der Waals surface area contributed by atoms with Gasteiger partial charge in [-0.3, -0.25) is 4.90 Å². The van der Waals surface area contributed by atoms with E-state index in [1.165, 1.54) is 26.1 Å². The Labute approximate surface area is 86.8 Å². The van der Waals surface area contributed by atoms with Crippen LogP contribution in [0.25, 0.3) is 0 Å². The molecule has 0 aromatic carbocycles. The van der Waals surface area contributed by atoms with Gasteiger partial charge in [0.15, 0.2) is 0 Å². The molecule has 2 rings (SSSR count). The van der Waals surface area contributed by atoms with E-state index in [2.05, 4.69) is 24.1 Å². The average Bonchev–Trinajstić information content (AvgIpc) is 2.11. The van der Waals surface area contributed by atoms with Gasteiger partial charge in [-0.1, -0.05) is 6.92 Å². The van der Waals surface area contributed by atoms with Crippen LogP contribution in [-0.2, 0) is 4.74 Å². The van der Waals surface area contributed by atoms with Crippen LogP contribution in [-0.4, -0.2) is 50.3 Å². The standard InChI is InChI=1S/C11H22N2O/c1-3-11(8-14-9-11)7-13-5-4-12-10(2)6-13/h10,12H,3-9H2,1-2H3/t10-/m1/s1. The number of hydrogen-bond acceptors (Lipinski definition) is 3. The second-order valence-electron chi connectivity index (χ2n) is 4.94. The first kappa shape index (κ1) is 10.4. The molecule has 0 amide bonds. The molecule has 0 spiro atoms. The Hall–Kier alpha value is -0.120. The molecule has 3 nitrogen and oxygen atoms in total. The van der Waals surface area contributed by atoms with E-state index in [0.717, 1.165) is 19.8 Å². The summed E-state index contributed by atoms with van der Waals surface area (Å²) in [5.41, 5.74) is 0.483. The van der Waals surface area contributed by atoms with Crippen LogP contribution >= 0.6 is 0 Å². The van der Waals surface area contributed by atoms with Gasteiger partial charge in [0.2, 0.25) is 0 Å². The minimum Gasteiger partial charge on any atom is -0.380 e. The Bertz CT molecular complexity index is 186. The molecule has 2 aliphatic rings. The van der Waals surface area contributed by atoms with Crippen molar-refractivity contribution in [3.05, 3.63) is 0 Å². The molecule has 0 unspecified atom stereocenters.